The molecule has 2 aromatic rings. The van der Waals surface area contributed by atoms with E-state index >= 15 is 0 Å². The predicted molar refractivity (Wildman–Crippen MR) is 116 cm³/mol. The van der Waals surface area contributed by atoms with Crippen molar-refractivity contribution in [1.29, 1.82) is 0 Å². The quantitative estimate of drug-likeness (QED) is 0.216. The van der Waals surface area contributed by atoms with E-state index in [-0.39, 0.29) is 12.8 Å². The topological polar surface area (TPSA) is 44.8 Å². The van der Waals surface area contributed by atoms with E-state index in [2.05, 4.69) is 25.4 Å². The highest BCUT2D eigenvalue weighted by atomic mass is 79.9. The smallest absolute Gasteiger partial charge is 0.404 e. The van der Waals surface area contributed by atoms with Gasteiger partial charge < -0.3 is 4.74 Å². The molecule has 0 saturated carbocycles. The minimum Gasteiger partial charge on any atom is -0.493 e. The normalized spacial score (nSPS) is 12.2. The summed E-state index contributed by atoms with van der Waals surface area (Å²) in [5, 5.41) is -1.43. The van der Waals surface area contributed by atoms with Gasteiger partial charge in [0, 0.05) is 16.0 Å². The van der Waals surface area contributed by atoms with Crippen LogP contribution in [0.15, 0.2) is 53.0 Å². The van der Waals surface area contributed by atoms with Crippen LogP contribution >= 0.6 is 35.3 Å². The lowest BCUT2D eigenvalue weighted by Crippen LogP contribution is -2.26. The van der Waals surface area contributed by atoms with Crippen LogP contribution < -0.4 is 4.74 Å². The van der Waals surface area contributed by atoms with Gasteiger partial charge in [-0.2, -0.15) is 11.8 Å². The molecule has 0 aliphatic rings. The molecule has 0 bridgehead atoms. The number of hydrogen-bond donors (Lipinski definition) is 0. The summed E-state index contributed by atoms with van der Waals surface area (Å²) in [5.74, 6) is 2.38. The molecule has 0 fully saturated rings. The number of ether oxygens (including phenoxy) is 1. The van der Waals surface area contributed by atoms with Crippen molar-refractivity contribution in [2.24, 2.45) is 0 Å². The molecule has 0 radical (unpaired) electrons. The average Bonchev–Trinajstić information content (AvgIpc) is 2.76. The highest BCUT2D eigenvalue weighted by Crippen LogP contribution is 2.69. The zero-order valence-electron chi connectivity index (χ0n) is 16.3. The summed E-state index contributed by atoms with van der Waals surface area (Å²) < 4.78 is 51.9. The number of para-hydroxylation sites is 1. The maximum Gasteiger partial charge on any atom is 0.404 e. The Kier molecular flexibility index (Phi) is 9.63. The third-order valence-corrected chi connectivity index (χ3v) is 8.85. The molecular formula is C20H24BrF2O4PS. The van der Waals surface area contributed by atoms with E-state index in [1.165, 1.54) is 0 Å². The van der Waals surface area contributed by atoms with Crippen LogP contribution in [0.1, 0.15) is 37.8 Å². The van der Waals surface area contributed by atoms with Crippen LogP contribution in [0.25, 0.3) is 0 Å². The van der Waals surface area contributed by atoms with Crippen molar-refractivity contribution in [3.8, 4) is 5.75 Å². The fraction of sp³-hybridized carbons (Fsp3) is 0.400. The molecule has 0 atom stereocenters. The van der Waals surface area contributed by atoms with Crippen molar-refractivity contribution in [3.63, 3.8) is 0 Å². The molecule has 0 amide bonds. The summed E-state index contributed by atoms with van der Waals surface area (Å²) in [6.07, 6.45) is 0.357. The molecule has 4 nitrogen and oxygen atoms in total. The van der Waals surface area contributed by atoms with Gasteiger partial charge in [-0.05, 0) is 51.2 Å². The van der Waals surface area contributed by atoms with Crippen molar-refractivity contribution in [2.45, 2.75) is 37.6 Å². The number of halogens is 3. The van der Waals surface area contributed by atoms with Crippen LogP contribution in [0.2, 0.25) is 0 Å². The van der Waals surface area contributed by atoms with Crippen LogP contribution in [0.4, 0.5) is 9.05 Å². The summed E-state index contributed by atoms with van der Waals surface area (Å²) in [4.78, 5) is 0. The lowest BCUT2D eigenvalue weighted by Gasteiger charge is -2.34. The van der Waals surface area contributed by atoms with E-state index < -0.39 is 12.8 Å². The molecule has 160 valence electrons. The van der Waals surface area contributed by atoms with Crippen molar-refractivity contribution >= 4 is 35.3 Å². The second-order valence-electron chi connectivity index (χ2n) is 6.40. The summed E-state index contributed by atoms with van der Waals surface area (Å²) in [5.41, 5.74) is 1.51. The molecule has 0 saturated heterocycles. The van der Waals surface area contributed by atoms with Gasteiger partial charge in [0.05, 0.1) is 6.61 Å². The largest absolute Gasteiger partial charge is 0.493 e. The fourth-order valence-corrected chi connectivity index (χ4v) is 6.53. The first-order chi connectivity index (χ1) is 14.0. The highest BCUT2D eigenvalue weighted by Gasteiger charge is 2.53. The maximum absolute atomic E-state index is 13.0. The second-order valence-corrected chi connectivity index (χ2v) is 10.5. The van der Waals surface area contributed by atoms with Gasteiger partial charge in [0.15, 0.2) is 0 Å². The van der Waals surface area contributed by atoms with E-state index in [9.17, 15) is 13.6 Å². The van der Waals surface area contributed by atoms with Gasteiger partial charge in [0.1, 0.15) is 10.9 Å². The van der Waals surface area contributed by atoms with Gasteiger partial charge in [-0.25, -0.2) is 0 Å². The SMILES string of the molecule is CCC(CC)(c1ccc(CSCCOc2ccccc2)cc1Br)P(=O)(OF)OF. The van der Waals surface area contributed by atoms with Crippen LogP contribution in [0.3, 0.4) is 0 Å². The van der Waals surface area contributed by atoms with E-state index in [1.54, 1.807) is 31.7 Å². The Labute approximate surface area is 182 Å². The minimum absolute atomic E-state index is 0.179. The molecule has 29 heavy (non-hydrogen) atoms. The average molecular weight is 509 g/mol. The summed E-state index contributed by atoms with van der Waals surface area (Å²) >= 11 is 5.16. The first-order valence-corrected chi connectivity index (χ1v) is 12.7. The Bertz CT molecular complexity index is 813. The lowest BCUT2D eigenvalue weighted by molar-refractivity contribution is -0.0961. The lowest BCUT2D eigenvalue weighted by atomic mass is 9.92. The van der Waals surface area contributed by atoms with Gasteiger partial charge in [0.25, 0.3) is 0 Å². The zero-order chi connectivity index (χ0) is 21.3. The summed E-state index contributed by atoms with van der Waals surface area (Å²) in [6, 6.07) is 15.0. The van der Waals surface area contributed by atoms with Crippen molar-refractivity contribution in [3.05, 3.63) is 64.1 Å². The minimum atomic E-state index is -4.63. The second kappa shape index (κ2) is 11.5. The van der Waals surface area contributed by atoms with Crippen LogP contribution in [-0.2, 0) is 24.9 Å². The van der Waals surface area contributed by atoms with Crippen LogP contribution in [0.5, 0.6) is 5.75 Å². The molecule has 0 aliphatic carbocycles. The van der Waals surface area contributed by atoms with Crippen molar-refractivity contribution in [2.75, 3.05) is 12.4 Å². The van der Waals surface area contributed by atoms with E-state index in [0.29, 0.717) is 16.6 Å². The monoisotopic (exact) mass is 508 g/mol. The van der Waals surface area contributed by atoms with Crippen molar-refractivity contribution < 1.29 is 27.8 Å². The molecule has 0 heterocycles. The molecule has 0 spiro atoms. The Morgan fingerprint density at radius 3 is 2.28 bits per heavy atom. The Morgan fingerprint density at radius 2 is 1.72 bits per heavy atom. The molecule has 2 rings (SSSR count). The summed E-state index contributed by atoms with van der Waals surface area (Å²) in [7, 11) is -4.63. The first kappa shape index (κ1) is 24.4. The highest BCUT2D eigenvalue weighted by molar-refractivity contribution is 9.10. The number of thioether (sulfide) groups is 1. The summed E-state index contributed by atoms with van der Waals surface area (Å²) in [6.45, 7) is 3.97. The molecule has 2 aromatic carbocycles. The maximum atomic E-state index is 13.0. The predicted octanol–water partition coefficient (Wildman–Crippen LogP) is 7.77. The molecule has 0 aliphatic heterocycles. The van der Waals surface area contributed by atoms with Crippen LogP contribution in [0, 0.1) is 0 Å². The first-order valence-electron chi connectivity index (χ1n) is 9.21. The van der Waals surface area contributed by atoms with Crippen molar-refractivity contribution in [1.82, 2.24) is 0 Å². The third-order valence-electron chi connectivity index (χ3n) is 4.92. The molecule has 0 unspecified atom stereocenters. The number of benzene rings is 2. The van der Waals surface area contributed by atoms with Crippen LogP contribution in [-0.4, -0.2) is 12.4 Å². The van der Waals surface area contributed by atoms with Gasteiger partial charge in [-0.3, -0.25) is 4.57 Å². The number of rotatable bonds is 12. The molecular weight excluding hydrogens is 485 g/mol. The molecule has 0 aromatic heterocycles. The van der Waals surface area contributed by atoms with E-state index in [1.807, 2.05) is 42.5 Å². The Morgan fingerprint density at radius 1 is 1.07 bits per heavy atom. The van der Waals surface area contributed by atoms with E-state index in [4.69, 9.17) is 4.74 Å². The van der Waals surface area contributed by atoms with Gasteiger partial charge in [-0.1, -0.05) is 60.1 Å². The zero-order valence-corrected chi connectivity index (χ0v) is 19.6. The number of hydrogen-bond acceptors (Lipinski definition) is 5. The third kappa shape index (κ3) is 5.61. The Balaban J connectivity index is 2.04. The van der Waals surface area contributed by atoms with Gasteiger partial charge in [0.2, 0.25) is 0 Å². The van der Waals surface area contributed by atoms with Gasteiger partial charge in [-0.15, -0.1) is 9.46 Å². The standard InChI is InChI=1S/C20H24BrF2O4PS/c1-3-20(4-2,28(24,26-22)27-23)18-11-10-16(14-19(18)21)15-29-13-12-25-17-8-6-5-7-9-17/h5-11,14H,3-4,12-13,15H2,1-2H3. The Hall–Kier alpha value is -0.920. The van der Waals surface area contributed by atoms with E-state index in [0.717, 1.165) is 22.8 Å². The van der Waals surface area contributed by atoms with Gasteiger partial charge >= 0.3 is 7.60 Å². The fourth-order valence-electron chi connectivity index (χ4n) is 3.26. The molecule has 0 N–H and O–H groups in total. The molecule has 9 heteroatoms.